The van der Waals surface area contributed by atoms with Gasteiger partial charge in [-0.05, 0) is 6.08 Å². The predicted octanol–water partition coefficient (Wildman–Crippen LogP) is 0.313. The maximum Gasteiger partial charge on any atom is 0.138 e. The molecule has 3 aliphatic rings. The fourth-order valence-electron chi connectivity index (χ4n) is 1.67. The van der Waals surface area contributed by atoms with Gasteiger partial charge in [0.05, 0.1) is 12.3 Å². The number of hydrogen-bond acceptors (Lipinski definition) is 5. The first kappa shape index (κ1) is 7.61. The Morgan fingerprint density at radius 3 is 3.43 bits per heavy atom. The maximum absolute atomic E-state index is 4.45. The summed E-state index contributed by atoms with van der Waals surface area (Å²) in [5.41, 5.74) is 0. The summed E-state index contributed by atoms with van der Waals surface area (Å²) in [5, 5.41) is 0. The van der Waals surface area contributed by atoms with Crippen molar-refractivity contribution < 1.29 is 0 Å². The molecule has 1 unspecified atom stereocenters. The normalized spacial score (nSPS) is 28.0. The molecule has 0 bridgehead atoms. The molecule has 0 aromatic carbocycles. The van der Waals surface area contributed by atoms with E-state index in [0.29, 0.717) is 6.67 Å². The van der Waals surface area contributed by atoms with Gasteiger partial charge in [0.2, 0.25) is 0 Å². The highest BCUT2D eigenvalue weighted by molar-refractivity contribution is 6.13. The number of fused-ring (bicyclic) bond motifs is 2. The van der Waals surface area contributed by atoms with Gasteiger partial charge in [-0.1, -0.05) is 0 Å². The smallest absolute Gasteiger partial charge is 0.138 e. The van der Waals surface area contributed by atoms with Crippen LogP contribution < -0.4 is 0 Å². The molecule has 0 amide bonds. The zero-order valence-corrected chi connectivity index (χ0v) is 7.54. The Morgan fingerprint density at radius 1 is 1.43 bits per heavy atom. The summed E-state index contributed by atoms with van der Waals surface area (Å²) in [6, 6.07) is 0. The van der Waals surface area contributed by atoms with Crippen molar-refractivity contribution in [2.24, 2.45) is 25.9 Å². The van der Waals surface area contributed by atoms with Crippen molar-refractivity contribution in [3.8, 4) is 0 Å². The van der Waals surface area contributed by atoms with Gasteiger partial charge in [-0.3, -0.25) is 4.99 Å². The van der Waals surface area contributed by atoms with Gasteiger partial charge in [-0.25, -0.2) is 15.0 Å². The second-order valence-electron chi connectivity index (χ2n) is 3.30. The van der Waals surface area contributed by atoms with E-state index in [1.165, 1.54) is 0 Å². The van der Waals surface area contributed by atoms with Crippen molar-refractivity contribution in [3.05, 3.63) is 12.3 Å². The highest BCUT2D eigenvalue weighted by Crippen LogP contribution is 2.15. The van der Waals surface area contributed by atoms with Gasteiger partial charge in [0.15, 0.2) is 0 Å². The van der Waals surface area contributed by atoms with Crippen LogP contribution in [0.5, 0.6) is 0 Å². The lowest BCUT2D eigenvalue weighted by atomic mass is 10.1. The molecule has 0 aromatic heterocycles. The summed E-state index contributed by atoms with van der Waals surface area (Å²) in [7, 11) is 0. The lowest BCUT2D eigenvalue weighted by Crippen LogP contribution is -2.43. The highest BCUT2D eigenvalue weighted by Gasteiger charge is 2.26. The van der Waals surface area contributed by atoms with E-state index in [1.807, 2.05) is 17.2 Å². The van der Waals surface area contributed by atoms with Gasteiger partial charge in [-0.2, -0.15) is 0 Å². The highest BCUT2D eigenvalue weighted by atomic mass is 15.3. The van der Waals surface area contributed by atoms with E-state index in [9.17, 15) is 0 Å². The Morgan fingerprint density at radius 2 is 2.43 bits per heavy atom. The lowest BCUT2D eigenvalue weighted by molar-refractivity contribution is 0.578. The Balaban J connectivity index is 2.01. The van der Waals surface area contributed by atoms with Crippen LogP contribution in [0.15, 0.2) is 32.2 Å². The number of aliphatic imine (C=N–C) groups is 4. The van der Waals surface area contributed by atoms with Crippen LogP contribution in [0.1, 0.15) is 0 Å². The minimum Gasteiger partial charge on any atom is -0.316 e. The Kier molecular flexibility index (Phi) is 1.56. The molecule has 3 aliphatic heterocycles. The van der Waals surface area contributed by atoms with Gasteiger partial charge >= 0.3 is 0 Å². The summed E-state index contributed by atoms with van der Waals surface area (Å²) in [5.74, 6) is 2.04. The quantitative estimate of drug-likeness (QED) is 0.538. The fourth-order valence-corrected chi connectivity index (χ4v) is 1.67. The summed E-state index contributed by atoms with van der Waals surface area (Å²) < 4.78 is 0. The van der Waals surface area contributed by atoms with E-state index >= 15 is 0 Å². The van der Waals surface area contributed by atoms with Gasteiger partial charge < -0.3 is 4.90 Å². The zero-order chi connectivity index (χ0) is 9.38. The summed E-state index contributed by atoms with van der Waals surface area (Å²) in [6.45, 7) is 1.36. The SMILES string of the molecule is C1=CC2=NC3=NCN=CC3CN2C=N1. The van der Waals surface area contributed by atoms with Crippen LogP contribution >= 0.6 is 0 Å². The summed E-state index contributed by atoms with van der Waals surface area (Å²) in [6.07, 6.45) is 7.35. The molecule has 70 valence electrons. The topological polar surface area (TPSA) is 52.7 Å². The van der Waals surface area contributed by atoms with Crippen LogP contribution in [0, 0.1) is 5.92 Å². The molecule has 0 spiro atoms. The van der Waals surface area contributed by atoms with E-state index in [1.54, 1.807) is 12.5 Å². The summed E-state index contributed by atoms with van der Waals surface area (Å²) >= 11 is 0. The van der Waals surface area contributed by atoms with E-state index in [-0.39, 0.29) is 5.92 Å². The molecule has 1 atom stereocenters. The number of nitrogens with zero attached hydrogens (tertiary/aromatic N) is 5. The molecule has 0 fully saturated rings. The standard InChI is InChI=1S/C9H9N5/c1-2-10-6-14-4-7-3-11-5-12-9(7)13-8(1)14/h1-3,6-7H,4-5H2. The first-order valence-electron chi connectivity index (χ1n) is 4.53. The largest absolute Gasteiger partial charge is 0.316 e. The second kappa shape index (κ2) is 2.87. The summed E-state index contributed by atoms with van der Waals surface area (Å²) in [4.78, 5) is 18.9. The Labute approximate surface area is 81.3 Å². The second-order valence-corrected chi connectivity index (χ2v) is 3.30. The van der Waals surface area contributed by atoms with E-state index in [4.69, 9.17) is 0 Å². The average Bonchev–Trinajstić information content (AvgIpc) is 2.26. The van der Waals surface area contributed by atoms with Crippen LogP contribution in [0.3, 0.4) is 0 Å². The third kappa shape index (κ3) is 1.09. The molecule has 0 aliphatic carbocycles. The monoisotopic (exact) mass is 187 g/mol. The molecule has 3 rings (SSSR count). The van der Waals surface area contributed by atoms with Crippen molar-refractivity contribution in [1.29, 1.82) is 0 Å². The third-order valence-corrected chi connectivity index (χ3v) is 2.36. The van der Waals surface area contributed by atoms with E-state index in [0.717, 1.165) is 18.2 Å². The molecular formula is C9H9N5. The van der Waals surface area contributed by atoms with Crippen molar-refractivity contribution in [1.82, 2.24) is 4.90 Å². The maximum atomic E-state index is 4.45. The van der Waals surface area contributed by atoms with Crippen molar-refractivity contribution in [3.63, 3.8) is 0 Å². The van der Waals surface area contributed by atoms with Gasteiger partial charge in [0, 0.05) is 19.0 Å². The zero-order valence-electron chi connectivity index (χ0n) is 7.54. The third-order valence-electron chi connectivity index (χ3n) is 2.36. The minimum atomic E-state index is 0.227. The minimum absolute atomic E-state index is 0.227. The molecule has 0 N–H and O–H groups in total. The van der Waals surface area contributed by atoms with Crippen molar-refractivity contribution in [2.75, 3.05) is 13.2 Å². The number of amidine groups is 2. The van der Waals surface area contributed by atoms with Crippen LogP contribution in [0.2, 0.25) is 0 Å². The van der Waals surface area contributed by atoms with Crippen LogP contribution in [0.4, 0.5) is 0 Å². The molecule has 0 saturated heterocycles. The van der Waals surface area contributed by atoms with Crippen LogP contribution in [0.25, 0.3) is 0 Å². The lowest BCUT2D eigenvalue weighted by Gasteiger charge is -2.30. The van der Waals surface area contributed by atoms with Gasteiger partial charge in [0.1, 0.15) is 18.3 Å². The molecule has 0 radical (unpaired) electrons. The first-order valence-corrected chi connectivity index (χ1v) is 4.53. The van der Waals surface area contributed by atoms with E-state index in [2.05, 4.69) is 20.0 Å². The van der Waals surface area contributed by atoms with Gasteiger partial charge in [0.25, 0.3) is 0 Å². The van der Waals surface area contributed by atoms with Crippen molar-refractivity contribution >= 4 is 24.2 Å². The molecular weight excluding hydrogens is 178 g/mol. The molecule has 0 aromatic rings. The number of rotatable bonds is 0. The van der Waals surface area contributed by atoms with Crippen LogP contribution in [-0.4, -0.2) is 42.3 Å². The Bertz CT molecular complexity index is 401. The molecule has 5 nitrogen and oxygen atoms in total. The molecule has 3 heterocycles. The first-order chi connectivity index (χ1) is 6.93. The molecule has 0 saturated carbocycles. The fraction of sp³-hybridized carbons (Fsp3) is 0.333. The van der Waals surface area contributed by atoms with Crippen LogP contribution in [-0.2, 0) is 0 Å². The van der Waals surface area contributed by atoms with E-state index < -0.39 is 0 Å². The average molecular weight is 187 g/mol. The molecule has 5 heteroatoms. The number of hydrogen-bond donors (Lipinski definition) is 0. The van der Waals surface area contributed by atoms with Crippen molar-refractivity contribution in [2.45, 2.75) is 0 Å². The Hall–Kier alpha value is -1.78. The predicted molar refractivity (Wildman–Crippen MR) is 56.1 cm³/mol. The van der Waals surface area contributed by atoms with Gasteiger partial charge in [-0.15, -0.1) is 0 Å². The molecule has 14 heavy (non-hydrogen) atoms.